The number of carbonyl (C=O) groups excluding carboxylic acids is 4. The predicted octanol–water partition coefficient (Wildman–Crippen LogP) is 3.95. The van der Waals surface area contributed by atoms with E-state index in [2.05, 4.69) is 37.0 Å². The highest BCUT2D eigenvalue weighted by Crippen LogP contribution is 2.32. The maximum atomic E-state index is 13.3. The molecule has 8 N–H and O–H groups in total. The molecule has 0 spiro atoms. The van der Waals surface area contributed by atoms with E-state index in [-0.39, 0.29) is 39.8 Å². The van der Waals surface area contributed by atoms with E-state index >= 15 is 0 Å². The molecule has 3 amide bonds. The van der Waals surface area contributed by atoms with Crippen molar-refractivity contribution in [3.63, 3.8) is 0 Å². The lowest BCUT2D eigenvalue weighted by molar-refractivity contribution is -0.135. The summed E-state index contributed by atoms with van der Waals surface area (Å²) < 4.78 is 38.1. The average Bonchev–Trinajstić information content (AvgIpc) is 3.14. The summed E-state index contributed by atoms with van der Waals surface area (Å²) in [6, 6.07) is 14.8. The van der Waals surface area contributed by atoms with E-state index in [9.17, 15) is 46.8 Å². The standard InChI is InChI=1S/C36H29N7O12S/c1-18-12-28(30(55-2)17-27(18)43-42-24-15-26(35(49)50)32(45)31(16-24)56(52,53)54)39-33(46)19-4-3-5-22(13-19)38-36(51)37-20-6-8-21(9-7-20)40-41-23-10-11-29(44)25(14-23)34(47)48/h3-17,40,43H,1-2H3,(H,39,46)(H,47,48)(H,49,50)(H2,37,38,51)(H,52,53,54). The number of amides is 3. The molecule has 3 aromatic carbocycles. The SMILES string of the molecule is COc1cc(NN=C2C=C(C(=O)O)C(=O)C(S(=O)(=O)O)=C2)c(C)cc1NC(=O)c1cccc(NC(=O)Nc2ccc(NN=C3C=CC(=O)C(C(=O)O)=C3)cc2)c1. The Morgan fingerprint density at radius 3 is 2.02 bits per heavy atom. The number of carboxylic acids is 2. The zero-order chi connectivity index (χ0) is 40.7. The van der Waals surface area contributed by atoms with Crippen LogP contribution in [0.15, 0.2) is 117 Å². The van der Waals surface area contributed by atoms with E-state index in [1.165, 1.54) is 37.5 Å². The van der Waals surface area contributed by atoms with Gasteiger partial charge in [-0.05, 0) is 91.4 Å². The number of allylic oxidation sites excluding steroid dienone is 6. The summed E-state index contributed by atoms with van der Waals surface area (Å²) in [5.41, 5.74) is 6.35. The van der Waals surface area contributed by atoms with Gasteiger partial charge >= 0.3 is 18.0 Å². The summed E-state index contributed by atoms with van der Waals surface area (Å²) in [5, 5.41) is 34.5. The van der Waals surface area contributed by atoms with Gasteiger partial charge in [-0.2, -0.15) is 18.6 Å². The van der Waals surface area contributed by atoms with Crippen molar-refractivity contribution in [2.75, 3.05) is 33.9 Å². The Kier molecular flexibility index (Phi) is 11.7. The number of aliphatic carboxylic acids is 2. The minimum absolute atomic E-state index is 0.162. The third kappa shape index (κ3) is 9.63. The van der Waals surface area contributed by atoms with Gasteiger partial charge in [0, 0.05) is 23.0 Å². The topological polar surface area (TPSA) is 291 Å². The van der Waals surface area contributed by atoms with Crippen LogP contribution < -0.4 is 31.5 Å². The molecule has 3 aromatic rings. The predicted molar refractivity (Wildman–Crippen MR) is 204 cm³/mol. The van der Waals surface area contributed by atoms with E-state index in [1.807, 2.05) is 0 Å². The van der Waals surface area contributed by atoms with E-state index in [0.29, 0.717) is 23.0 Å². The first-order valence-corrected chi connectivity index (χ1v) is 17.3. The van der Waals surface area contributed by atoms with Crippen molar-refractivity contribution in [1.29, 1.82) is 0 Å². The number of urea groups is 1. The van der Waals surface area contributed by atoms with E-state index < -0.39 is 61.6 Å². The van der Waals surface area contributed by atoms with Gasteiger partial charge in [0.05, 0.1) is 35.6 Å². The Morgan fingerprint density at radius 2 is 1.36 bits per heavy atom. The number of aryl methyl sites for hydroxylation is 1. The number of methoxy groups -OCH3 is 1. The number of nitrogens with one attached hydrogen (secondary N) is 5. The van der Waals surface area contributed by atoms with E-state index in [1.54, 1.807) is 43.3 Å². The molecule has 2 aliphatic carbocycles. The molecule has 5 rings (SSSR count). The number of hydrazone groups is 2. The first kappa shape index (κ1) is 39.5. The van der Waals surface area contributed by atoms with Crippen molar-refractivity contribution >= 4 is 85.4 Å². The minimum Gasteiger partial charge on any atom is -0.494 e. The largest absolute Gasteiger partial charge is 0.494 e. The van der Waals surface area contributed by atoms with Crippen molar-refractivity contribution in [2.45, 2.75) is 6.92 Å². The van der Waals surface area contributed by atoms with Crippen LogP contribution in [-0.4, -0.2) is 77.2 Å². The fraction of sp³-hybridized carbons (Fsp3) is 0.0556. The monoisotopic (exact) mass is 783 g/mol. The molecule has 19 nitrogen and oxygen atoms in total. The van der Waals surface area contributed by atoms with Crippen LogP contribution in [0.5, 0.6) is 5.75 Å². The Balaban J connectivity index is 1.21. The fourth-order valence-electron chi connectivity index (χ4n) is 4.94. The average molecular weight is 784 g/mol. The second-order valence-corrected chi connectivity index (χ2v) is 13.0. The molecule has 0 fully saturated rings. The van der Waals surface area contributed by atoms with Crippen molar-refractivity contribution < 1.29 is 56.7 Å². The molecule has 0 aromatic heterocycles. The number of ketones is 2. The maximum Gasteiger partial charge on any atom is 0.339 e. The van der Waals surface area contributed by atoms with Gasteiger partial charge in [0.1, 0.15) is 21.8 Å². The van der Waals surface area contributed by atoms with Crippen LogP contribution in [0.4, 0.5) is 33.2 Å². The van der Waals surface area contributed by atoms with Gasteiger partial charge in [-0.1, -0.05) is 6.07 Å². The molecule has 0 aliphatic heterocycles. The first-order valence-electron chi connectivity index (χ1n) is 15.8. The number of Topliss-reactive ketones (excluding diaryl/α,β-unsaturated/α-hetero) is 1. The summed E-state index contributed by atoms with van der Waals surface area (Å²) in [5.74, 6) is -5.53. The number of anilines is 5. The van der Waals surface area contributed by atoms with E-state index in [4.69, 9.17) is 9.84 Å². The number of ether oxygens (including phenoxy) is 1. The molecule has 0 heterocycles. The van der Waals surface area contributed by atoms with Gasteiger partial charge < -0.3 is 30.9 Å². The van der Waals surface area contributed by atoms with Crippen molar-refractivity contribution in [3.05, 3.63) is 118 Å². The highest BCUT2D eigenvalue weighted by atomic mass is 32.2. The van der Waals surface area contributed by atoms with Gasteiger partial charge in [0.2, 0.25) is 5.78 Å². The zero-order valence-corrected chi connectivity index (χ0v) is 29.8. The lowest BCUT2D eigenvalue weighted by Gasteiger charge is -2.15. The van der Waals surface area contributed by atoms with Crippen LogP contribution >= 0.6 is 0 Å². The molecule has 0 radical (unpaired) electrons. The summed E-state index contributed by atoms with van der Waals surface area (Å²) in [4.78, 5) is 71.3. The summed E-state index contributed by atoms with van der Waals surface area (Å²) >= 11 is 0. The zero-order valence-electron chi connectivity index (χ0n) is 29.0. The number of rotatable bonds is 12. The van der Waals surface area contributed by atoms with E-state index in [0.717, 1.165) is 18.2 Å². The highest BCUT2D eigenvalue weighted by Gasteiger charge is 2.33. The van der Waals surface area contributed by atoms with Crippen LogP contribution in [0.3, 0.4) is 0 Å². The molecule has 0 bridgehead atoms. The van der Waals surface area contributed by atoms with Gasteiger partial charge in [-0.25, -0.2) is 14.4 Å². The molecule has 56 heavy (non-hydrogen) atoms. The molecule has 0 saturated carbocycles. The second-order valence-electron chi connectivity index (χ2n) is 11.6. The molecule has 0 atom stereocenters. The molecular formula is C36H29N7O12S. The lowest BCUT2D eigenvalue weighted by atomic mass is 10.0. The molecule has 20 heteroatoms. The molecule has 0 saturated heterocycles. The number of carboxylic acid groups (broad SMARTS) is 2. The van der Waals surface area contributed by atoms with Crippen LogP contribution in [0.25, 0.3) is 0 Å². The fourth-order valence-corrected chi connectivity index (χ4v) is 5.55. The number of benzene rings is 3. The smallest absolute Gasteiger partial charge is 0.339 e. The lowest BCUT2D eigenvalue weighted by Crippen LogP contribution is -2.24. The molecule has 0 unspecified atom stereocenters. The molecule has 286 valence electrons. The first-order chi connectivity index (χ1) is 26.5. The molecule has 2 aliphatic rings. The van der Waals surface area contributed by atoms with Crippen molar-refractivity contribution in [1.82, 2.24) is 0 Å². The van der Waals surface area contributed by atoms with Crippen LogP contribution in [0.1, 0.15) is 15.9 Å². The van der Waals surface area contributed by atoms with Crippen LogP contribution in [-0.2, 0) is 29.3 Å². The number of carbonyl (C=O) groups is 6. The highest BCUT2D eigenvalue weighted by molar-refractivity contribution is 7.91. The number of nitrogens with zero attached hydrogens (tertiary/aromatic N) is 2. The number of hydrogen-bond acceptors (Lipinski definition) is 13. The van der Waals surface area contributed by atoms with Gasteiger partial charge in [-0.15, -0.1) is 0 Å². The Labute approximate surface area is 316 Å². The third-order valence-electron chi connectivity index (χ3n) is 7.68. The number of hydrogen-bond donors (Lipinski definition) is 8. The van der Waals surface area contributed by atoms with Crippen LogP contribution in [0.2, 0.25) is 0 Å². The van der Waals surface area contributed by atoms with Crippen LogP contribution in [0, 0.1) is 6.92 Å². The quantitative estimate of drug-likeness (QED) is 0.0559. The van der Waals surface area contributed by atoms with Crippen molar-refractivity contribution in [3.8, 4) is 5.75 Å². The van der Waals surface area contributed by atoms with Gasteiger partial charge in [0.25, 0.3) is 16.0 Å². The summed E-state index contributed by atoms with van der Waals surface area (Å²) in [7, 11) is -3.72. The van der Waals surface area contributed by atoms with Crippen molar-refractivity contribution in [2.24, 2.45) is 10.2 Å². The molecular weight excluding hydrogens is 754 g/mol. The Hall–Kier alpha value is -7.71. The minimum atomic E-state index is -5.06. The summed E-state index contributed by atoms with van der Waals surface area (Å²) in [6.07, 6.45) is 5.15. The Morgan fingerprint density at radius 1 is 0.714 bits per heavy atom. The van der Waals surface area contributed by atoms with Gasteiger partial charge in [0.15, 0.2) is 5.78 Å². The summed E-state index contributed by atoms with van der Waals surface area (Å²) in [6.45, 7) is 1.64. The Bertz CT molecular complexity index is 2500. The normalized spacial score (nSPS) is 15.3. The second kappa shape index (κ2) is 16.5. The maximum absolute atomic E-state index is 13.3. The van der Waals surface area contributed by atoms with Gasteiger partial charge in [-0.3, -0.25) is 29.8 Å². The third-order valence-corrected chi connectivity index (χ3v) is 8.54.